The molecule has 182 valence electrons. The molecule has 0 aliphatic carbocycles. The standard InChI is InChI=1S/C23H43N7O2/c24-21(31)17-6-12-29(13-7-17)20-14-18(5-10-26-20)22-27-23(32-28-22)19-2-1-11-30(19)15-16-3-8-25-9-4-16/h16-20,22-23,25-28H,1-15H2,(H2,24,31). The van der Waals surface area contributed by atoms with Crippen LogP contribution in [0, 0.1) is 17.8 Å². The molecule has 5 fully saturated rings. The van der Waals surface area contributed by atoms with E-state index in [2.05, 4.69) is 31.2 Å². The fourth-order valence-corrected chi connectivity index (χ4v) is 6.63. The van der Waals surface area contributed by atoms with E-state index in [9.17, 15) is 4.79 Å². The first kappa shape index (κ1) is 23.0. The summed E-state index contributed by atoms with van der Waals surface area (Å²) in [7, 11) is 0. The highest BCUT2D eigenvalue weighted by Gasteiger charge is 2.42. The number of hydrogen-bond donors (Lipinski definition) is 5. The van der Waals surface area contributed by atoms with Crippen molar-refractivity contribution in [2.45, 2.75) is 76.0 Å². The number of hydroxylamine groups is 1. The Hall–Kier alpha value is -0.810. The van der Waals surface area contributed by atoms with E-state index in [1.165, 1.54) is 51.9 Å². The van der Waals surface area contributed by atoms with Gasteiger partial charge < -0.3 is 16.4 Å². The van der Waals surface area contributed by atoms with Crippen LogP contribution in [0.25, 0.3) is 0 Å². The molecule has 32 heavy (non-hydrogen) atoms. The molecule has 0 aromatic rings. The molecule has 9 heteroatoms. The highest BCUT2D eigenvalue weighted by atomic mass is 16.7. The zero-order valence-corrected chi connectivity index (χ0v) is 19.4. The molecule has 5 aliphatic rings. The lowest BCUT2D eigenvalue weighted by molar-refractivity contribution is -0.123. The summed E-state index contributed by atoms with van der Waals surface area (Å²) in [5.74, 6) is 1.28. The minimum Gasteiger partial charge on any atom is -0.369 e. The fourth-order valence-electron chi connectivity index (χ4n) is 6.63. The maximum absolute atomic E-state index is 11.5. The summed E-state index contributed by atoms with van der Waals surface area (Å²) in [6.07, 6.45) is 9.82. The lowest BCUT2D eigenvalue weighted by Gasteiger charge is -2.42. The molecule has 0 bridgehead atoms. The number of rotatable bonds is 6. The SMILES string of the molecule is NC(=O)C1CCN(C2CC(C3NOC(C4CCCN4CC4CCNCC4)N3)CCN2)CC1. The number of likely N-dealkylation sites (tertiary alicyclic amines) is 2. The number of nitrogens with zero attached hydrogens (tertiary/aromatic N) is 2. The van der Waals surface area contributed by atoms with Gasteiger partial charge in [-0.3, -0.25) is 24.7 Å². The van der Waals surface area contributed by atoms with Crippen molar-refractivity contribution >= 4 is 5.91 Å². The van der Waals surface area contributed by atoms with Crippen molar-refractivity contribution in [2.24, 2.45) is 23.5 Å². The molecule has 5 atom stereocenters. The van der Waals surface area contributed by atoms with E-state index in [1.807, 2.05) is 0 Å². The Balaban J connectivity index is 1.11. The highest BCUT2D eigenvalue weighted by Crippen LogP contribution is 2.30. The second kappa shape index (κ2) is 10.6. The number of nitrogens with two attached hydrogens (primary N) is 1. The Morgan fingerprint density at radius 1 is 1.00 bits per heavy atom. The zero-order chi connectivity index (χ0) is 21.9. The lowest BCUT2D eigenvalue weighted by Crippen LogP contribution is -2.57. The molecule has 0 saturated carbocycles. The summed E-state index contributed by atoms with van der Waals surface area (Å²) >= 11 is 0. The van der Waals surface area contributed by atoms with Crippen molar-refractivity contribution in [3.05, 3.63) is 0 Å². The summed E-state index contributed by atoms with van der Waals surface area (Å²) in [4.78, 5) is 22.8. The molecule has 5 rings (SSSR count). The quantitative estimate of drug-likeness (QED) is 0.378. The van der Waals surface area contributed by atoms with E-state index < -0.39 is 0 Å². The average molecular weight is 450 g/mol. The van der Waals surface area contributed by atoms with Crippen molar-refractivity contribution in [1.29, 1.82) is 0 Å². The smallest absolute Gasteiger partial charge is 0.220 e. The number of hydrogen-bond acceptors (Lipinski definition) is 8. The minimum absolute atomic E-state index is 0.0530. The van der Waals surface area contributed by atoms with Crippen LogP contribution in [0.4, 0.5) is 0 Å². The van der Waals surface area contributed by atoms with Crippen LogP contribution in [0.15, 0.2) is 0 Å². The van der Waals surface area contributed by atoms with Gasteiger partial charge in [0.25, 0.3) is 0 Å². The van der Waals surface area contributed by atoms with Gasteiger partial charge in [0.1, 0.15) is 6.23 Å². The zero-order valence-electron chi connectivity index (χ0n) is 19.4. The van der Waals surface area contributed by atoms with E-state index in [0.717, 1.165) is 51.2 Å². The van der Waals surface area contributed by atoms with E-state index >= 15 is 0 Å². The van der Waals surface area contributed by atoms with Gasteiger partial charge in [0.15, 0.2) is 0 Å². The van der Waals surface area contributed by atoms with Crippen molar-refractivity contribution in [2.75, 3.05) is 45.8 Å². The molecule has 5 unspecified atom stereocenters. The van der Waals surface area contributed by atoms with Crippen LogP contribution in [0.2, 0.25) is 0 Å². The number of piperidine rings is 3. The topological polar surface area (TPSA) is 107 Å². The summed E-state index contributed by atoms with van der Waals surface area (Å²) in [5, 5.41) is 11.0. The summed E-state index contributed by atoms with van der Waals surface area (Å²) in [6.45, 7) is 7.70. The van der Waals surface area contributed by atoms with Gasteiger partial charge >= 0.3 is 0 Å². The van der Waals surface area contributed by atoms with Crippen LogP contribution in [0.1, 0.15) is 51.4 Å². The molecule has 1 amide bonds. The van der Waals surface area contributed by atoms with E-state index in [0.29, 0.717) is 18.1 Å². The Kier molecular flexibility index (Phi) is 7.63. The van der Waals surface area contributed by atoms with Crippen molar-refractivity contribution in [3.63, 3.8) is 0 Å². The maximum Gasteiger partial charge on any atom is 0.220 e. The number of primary amides is 1. The van der Waals surface area contributed by atoms with E-state index in [-0.39, 0.29) is 24.2 Å². The van der Waals surface area contributed by atoms with Gasteiger partial charge in [0.2, 0.25) is 5.91 Å². The predicted molar refractivity (Wildman–Crippen MR) is 123 cm³/mol. The largest absolute Gasteiger partial charge is 0.369 e. The van der Waals surface area contributed by atoms with Crippen molar-refractivity contribution in [1.82, 2.24) is 31.2 Å². The monoisotopic (exact) mass is 449 g/mol. The lowest BCUT2D eigenvalue weighted by atomic mass is 9.90. The molecule has 0 radical (unpaired) electrons. The van der Waals surface area contributed by atoms with E-state index in [1.54, 1.807) is 0 Å². The third-order valence-corrected chi connectivity index (χ3v) is 8.65. The molecule has 0 spiro atoms. The Bertz CT molecular complexity index is 623. The molecular formula is C23H43N7O2. The molecule has 5 aliphatic heterocycles. The first-order valence-electron chi connectivity index (χ1n) is 13.1. The van der Waals surface area contributed by atoms with Crippen LogP contribution in [0.3, 0.4) is 0 Å². The first-order chi connectivity index (χ1) is 15.7. The molecule has 0 aromatic carbocycles. The van der Waals surface area contributed by atoms with Gasteiger partial charge in [0, 0.05) is 25.6 Å². The third kappa shape index (κ3) is 5.29. The predicted octanol–water partition coefficient (Wildman–Crippen LogP) is -0.250. The van der Waals surface area contributed by atoms with Gasteiger partial charge in [0.05, 0.1) is 18.4 Å². The third-order valence-electron chi connectivity index (χ3n) is 8.65. The Morgan fingerprint density at radius 3 is 2.59 bits per heavy atom. The molecule has 0 aromatic heterocycles. The van der Waals surface area contributed by atoms with Gasteiger partial charge in [-0.15, -0.1) is 0 Å². The molecule has 9 nitrogen and oxygen atoms in total. The number of carbonyl (C=O) groups is 1. The second-order valence-electron chi connectivity index (χ2n) is 10.7. The number of amides is 1. The average Bonchev–Trinajstić information content (AvgIpc) is 3.49. The van der Waals surface area contributed by atoms with Crippen LogP contribution < -0.4 is 27.2 Å². The fraction of sp³-hybridized carbons (Fsp3) is 0.957. The highest BCUT2D eigenvalue weighted by molar-refractivity contribution is 5.76. The van der Waals surface area contributed by atoms with Crippen LogP contribution >= 0.6 is 0 Å². The minimum atomic E-state index is -0.136. The van der Waals surface area contributed by atoms with Crippen LogP contribution in [0.5, 0.6) is 0 Å². The number of nitrogens with one attached hydrogen (secondary N) is 4. The Morgan fingerprint density at radius 2 is 1.81 bits per heavy atom. The van der Waals surface area contributed by atoms with E-state index in [4.69, 9.17) is 10.6 Å². The summed E-state index contributed by atoms with van der Waals surface area (Å²) < 4.78 is 0. The molecule has 5 heterocycles. The first-order valence-corrected chi connectivity index (χ1v) is 13.1. The Labute approximate surface area is 192 Å². The molecular weight excluding hydrogens is 406 g/mol. The van der Waals surface area contributed by atoms with Crippen molar-refractivity contribution in [3.8, 4) is 0 Å². The molecule has 6 N–H and O–H groups in total. The van der Waals surface area contributed by atoms with Crippen LogP contribution in [-0.2, 0) is 9.63 Å². The summed E-state index contributed by atoms with van der Waals surface area (Å²) in [6, 6.07) is 0.479. The summed E-state index contributed by atoms with van der Waals surface area (Å²) in [5.41, 5.74) is 8.88. The molecule has 5 saturated heterocycles. The van der Waals surface area contributed by atoms with Crippen molar-refractivity contribution < 1.29 is 9.63 Å². The maximum atomic E-state index is 11.5. The van der Waals surface area contributed by atoms with Gasteiger partial charge in [-0.25, -0.2) is 0 Å². The van der Waals surface area contributed by atoms with Gasteiger partial charge in [-0.05, 0) is 89.4 Å². The van der Waals surface area contributed by atoms with Gasteiger partial charge in [-0.1, -0.05) is 0 Å². The number of carbonyl (C=O) groups excluding carboxylic acids is 1. The second-order valence-corrected chi connectivity index (χ2v) is 10.7. The van der Waals surface area contributed by atoms with Gasteiger partial charge in [-0.2, -0.15) is 5.48 Å². The normalized spacial score (nSPS) is 38.9. The van der Waals surface area contributed by atoms with Crippen LogP contribution in [-0.4, -0.2) is 86.1 Å².